The lowest BCUT2D eigenvalue weighted by atomic mass is 9.90. The van der Waals surface area contributed by atoms with Crippen molar-refractivity contribution in [2.75, 3.05) is 29.8 Å². The summed E-state index contributed by atoms with van der Waals surface area (Å²) < 4.78 is 12.3. The molecule has 0 fully saturated rings. The second kappa shape index (κ2) is 16.5. The highest BCUT2D eigenvalue weighted by Gasteiger charge is 2.31. The van der Waals surface area contributed by atoms with Crippen LogP contribution in [0.25, 0.3) is 0 Å². The minimum atomic E-state index is 0.131. The number of para-hydroxylation sites is 2. The molecular formula is C47H44N4O2. The minimum Gasteiger partial charge on any atom is -0.494 e. The molecule has 2 heterocycles. The van der Waals surface area contributed by atoms with E-state index in [9.17, 15) is 0 Å². The first-order valence-electron chi connectivity index (χ1n) is 18.7. The summed E-state index contributed by atoms with van der Waals surface area (Å²) in [6.07, 6.45) is 3.84. The number of ether oxygens (including phenoxy) is 2. The minimum absolute atomic E-state index is 0.131. The van der Waals surface area contributed by atoms with Crippen LogP contribution in [0.2, 0.25) is 0 Å². The van der Waals surface area contributed by atoms with E-state index >= 15 is 0 Å². The molecule has 2 aliphatic rings. The van der Waals surface area contributed by atoms with E-state index in [1.54, 1.807) is 0 Å². The van der Waals surface area contributed by atoms with Gasteiger partial charge in [0.15, 0.2) is 0 Å². The fourth-order valence-electron chi connectivity index (χ4n) is 7.13. The van der Waals surface area contributed by atoms with Gasteiger partial charge in [0.05, 0.1) is 48.6 Å². The second-order valence-electron chi connectivity index (χ2n) is 13.5. The molecule has 2 atom stereocenters. The van der Waals surface area contributed by atoms with Crippen molar-refractivity contribution in [3.05, 3.63) is 192 Å². The molecule has 2 unspecified atom stereocenters. The molecule has 0 saturated heterocycles. The van der Waals surface area contributed by atoms with E-state index in [-0.39, 0.29) is 12.0 Å². The lowest BCUT2D eigenvalue weighted by molar-refractivity contribution is 0.279. The van der Waals surface area contributed by atoms with Crippen molar-refractivity contribution in [1.29, 1.82) is 0 Å². The number of unbranched alkanes of at least 4 members (excludes halogenated alkanes) is 2. The van der Waals surface area contributed by atoms with Crippen LogP contribution in [0.5, 0.6) is 11.5 Å². The summed E-state index contributed by atoms with van der Waals surface area (Å²) >= 11 is 0. The Labute approximate surface area is 312 Å². The first-order valence-corrected chi connectivity index (χ1v) is 18.7. The van der Waals surface area contributed by atoms with Crippen LogP contribution in [0.3, 0.4) is 0 Å². The molecule has 6 aromatic carbocycles. The zero-order valence-corrected chi connectivity index (χ0v) is 29.9. The first-order chi connectivity index (χ1) is 26.3. The van der Waals surface area contributed by atoms with Gasteiger partial charge in [-0.05, 0) is 90.0 Å². The van der Waals surface area contributed by atoms with Crippen molar-refractivity contribution in [2.45, 2.75) is 37.6 Å². The molecule has 0 saturated carbocycles. The fraction of sp³-hybridized carbons (Fsp3) is 0.191. The zero-order valence-electron chi connectivity index (χ0n) is 29.9. The quantitative estimate of drug-likeness (QED) is 0.106. The van der Waals surface area contributed by atoms with Gasteiger partial charge in [0.25, 0.3) is 0 Å². The zero-order chi connectivity index (χ0) is 35.7. The van der Waals surface area contributed by atoms with Crippen LogP contribution >= 0.6 is 0 Å². The highest BCUT2D eigenvalue weighted by atomic mass is 16.5. The number of nitrogens with zero attached hydrogens (tertiary/aromatic N) is 4. The van der Waals surface area contributed by atoms with Gasteiger partial charge >= 0.3 is 0 Å². The number of hydrogen-bond acceptors (Lipinski definition) is 6. The largest absolute Gasteiger partial charge is 0.494 e. The van der Waals surface area contributed by atoms with Gasteiger partial charge in [-0.15, -0.1) is 0 Å². The van der Waals surface area contributed by atoms with Gasteiger partial charge in [0.1, 0.15) is 11.5 Å². The van der Waals surface area contributed by atoms with Gasteiger partial charge in [0.2, 0.25) is 0 Å². The van der Waals surface area contributed by atoms with Crippen molar-refractivity contribution >= 4 is 22.8 Å². The van der Waals surface area contributed by atoms with Crippen LogP contribution in [-0.4, -0.2) is 31.2 Å². The first kappa shape index (κ1) is 34.0. The fourth-order valence-corrected chi connectivity index (χ4v) is 7.13. The Bertz CT molecular complexity index is 2100. The van der Waals surface area contributed by atoms with E-state index < -0.39 is 0 Å². The van der Waals surface area contributed by atoms with Gasteiger partial charge in [-0.25, -0.2) is 0 Å². The Morgan fingerprint density at radius 2 is 1.00 bits per heavy atom. The smallest absolute Gasteiger partial charge is 0.119 e. The predicted molar refractivity (Wildman–Crippen MR) is 216 cm³/mol. The normalized spacial score (nSPS) is 16.7. The van der Waals surface area contributed by atoms with Crippen LogP contribution in [0.1, 0.15) is 59.9 Å². The van der Waals surface area contributed by atoms with E-state index in [0.29, 0.717) is 13.2 Å². The summed E-state index contributed by atoms with van der Waals surface area (Å²) in [5.74, 6) is 1.97. The van der Waals surface area contributed by atoms with Crippen molar-refractivity contribution in [2.24, 2.45) is 10.2 Å². The molecule has 0 aromatic heterocycles. The third-order valence-electron chi connectivity index (χ3n) is 9.95. The van der Waals surface area contributed by atoms with E-state index in [4.69, 9.17) is 19.7 Å². The van der Waals surface area contributed by atoms with Gasteiger partial charge in [-0.1, -0.05) is 121 Å². The Hall–Kier alpha value is -6.14. The summed E-state index contributed by atoms with van der Waals surface area (Å²) in [4.78, 5) is 0. The lowest BCUT2D eigenvalue weighted by Gasteiger charge is -2.24. The maximum Gasteiger partial charge on any atom is 0.119 e. The topological polar surface area (TPSA) is 49.7 Å². The molecule has 0 amide bonds. The molecule has 0 N–H and O–H groups in total. The Morgan fingerprint density at radius 1 is 0.491 bits per heavy atom. The Morgan fingerprint density at radius 3 is 1.58 bits per heavy atom. The molecule has 2 aliphatic heterocycles. The van der Waals surface area contributed by atoms with E-state index in [1.807, 2.05) is 18.2 Å². The van der Waals surface area contributed by atoms with Gasteiger partial charge < -0.3 is 9.47 Å². The number of hydrogen-bond donors (Lipinski definition) is 0. The number of benzene rings is 6. The molecule has 6 heteroatoms. The maximum atomic E-state index is 6.13. The van der Waals surface area contributed by atoms with E-state index in [1.165, 1.54) is 16.7 Å². The van der Waals surface area contributed by atoms with Gasteiger partial charge in [-0.2, -0.15) is 10.2 Å². The highest BCUT2D eigenvalue weighted by Crippen LogP contribution is 2.37. The van der Waals surface area contributed by atoms with Gasteiger partial charge in [-0.3, -0.25) is 10.0 Å². The van der Waals surface area contributed by atoms with Crippen LogP contribution in [0.4, 0.5) is 11.4 Å². The van der Waals surface area contributed by atoms with Gasteiger partial charge in [0, 0.05) is 12.3 Å². The molecule has 53 heavy (non-hydrogen) atoms. The molecule has 0 aliphatic carbocycles. The van der Waals surface area contributed by atoms with Crippen LogP contribution in [0, 0.1) is 0 Å². The summed E-state index contributed by atoms with van der Waals surface area (Å²) in [6, 6.07) is 59.0. The highest BCUT2D eigenvalue weighted by molar-refractivity contribution is 6.07. The van der Waals surface area contributed by atoms with E-state index in [0.717, 1.165) is 72.1 Å². The monoisotopic (exact) mass is 696 g/mol. The van der Waals surface area contributed by atoms with Crippen LogP contribution in [-0.2, 0) is 0 Å². The standard InChI is InChI=1S/C47H44N4O2/c1-6-16-37(17-7-1)45-34-46(51(48-45)41-22-12-4-13-23-41)38-26-30-43(31-27-38)53-33-15-5-14-32-52-42-28-24-36(25-29-42)44-35-50(40-20-10-3-11-21-40)49-47(44)39-18-8-2-9-19-39/h1-4,6-13,16-31,44,46H,5,14-15,32-35H2. The lowest BCUT2D eigenvalue weighted by Crippen LogP contribution is -2.18. The second-order valence-corrected chi connectivity index (χ2v) is 13.5. The van der Waals surface area contributed by atoms with Crippen molar-refractivity contribution in [1.82, 2.24) is 0 Å². The molecule has 8 rings (SSSR count). The number of rotatable bonds is 14. The molecule has 264 valence electrons. The Kier molecular flexibility index (Phi) is 10.6. The van der Waals surface area contributed by atoms with Crippen molar-refractivity contribution in [3.8, 4) is 11.5 Å². The number of anilines is 2. The third-order valence-corrected chi connectivity index (χ3v) is 9.95. The summed E-state index contributed by atoms with van der Waals surface area (Å²) in [5, 5.41) is 14.4. The molecule has 6 aromatic rings. The summed E-state index contributed by atoms with van der Waals surface area (Å²) in [6.45, 7) is 2.17. The van der Waals surface area contributed by atoms with Crippen LogP contribution in [0.15, 0.2) is 180 Å². The summed E-state index contributed by atoms with van der Waals surface area (Å²) in [7, 11) is 0. The molecule has 6 nitrogen and oxygen atoms in total. The SMILES string of the molecule is c1ccc(C2=NN(c3ccccc3)C(c3ccc(OCCCCCOc4ccc(C5CN(c6ccccc6)N=C5c5ccccc5)cc4)cc3)C2)cc1. The average molecular weight is 697 g/mol. The molecular weight excluding hydrogens is 653 g/mol. The predicted octanol–water partition coefficient (Wildman–Crippen LogP) is 10.7. The van der Waals surface area contributed by atoms with Crippen molar-refractivity contribution < 1.29 is 9.47 Å². The average Bonchev–Trinajstić information content (AvgIpc) is 3.89. The third kappa shape index (κ3) is 8.18. The molecule has 0 radical (unpaired) electrons. The molecule has 0 bridgehead atoms. The van der Waals surface area contributed by atoms with Crippen molar-refractivity contribution in [3.63, 3.8) is 0 Å². The molecule has 0 spiro atoms. The van der Waals surface area contributed by atoms with E-state index in [2.05, 4.69) is 162 Å². The maximum absolute atomic E-state index is 6.13. The summed E-state index contributed by atoms with van der Waals surface area (Å²) in [5.41, 5.74) is 9.19. The number of hydrazone groups is 2. The Balaban J connectivity index is 0.794. The van der Waals surface area contributed by atoms with Crippen LogP contribution < -0.4 is 19.5 Å².